The summed E-state index contributed by atoms with van der Waals surface area (Å²) in [5.74, 6) is 6.06. The van der Waals surface area contributed by atoms with Gasteiger partial charge >= 0.3 is 0 Å². The molecule has 0 amide bonds. The first kappa shape index (κ1) is 10.3. The van der Waals surface area contributed by atoms with Crippen LogP contribution in [0.5, 0.6) is 0 Å². The smallest absolute Gasteiger partial charge is 0.205 e. The summed E-state index contributed by atoms with van der Waals surface area (Å²) in [4.78, 5) is 4.21. The van der Waals surface area contributed by atoms with E-state index in [9.17, 15) is 0 Å². The summed E-state index contributed by atoms with van der Waals surface area (Å²) in [6.45, 7) is 2.76. The van der Waals surface area contributed by atoms with Crippen molar-refractivity contribution in [3.63, 3.8) is 0 Å². The Bertz CT molecular complexity index is 161. The largest absolute Gasteiger partial charge is 0.353 e. The van der Waals surface area contributed by atoms with E-state index in [-0.39, 0.29) is 0 Å². The molecule has 0 unspecified atom stereocenters. The van der Waals surface area contributed by atoms with Crippen LogP contribution in [0, 0.1) is 0 Å². The fraction of sp³-hybridized carbons (Fsp3) is 0.889. The molecule has 1 rings (SSSR count). The summed E-state index contributed by atoms with van der Waals surface area (Å²) in [6.07, 6.45) is 6.49. The van der Waals surface area contributed by atoms with Gasteiger partial charge in [-0.25, -0.2) is 5.84 Å². The zero-order valence-corrected chi connectivity index (χ0v) is 8.34. The minimum Gasteiger partial charge on any atom is -0.353 e. The molecule has 0 spiro atoms. The molecule has 1 aliphatic rings. The Morgan fingerprint density at radius 3 is 2.62 bits per heavy atom. The zero-order valence-electron chi connectivity index (χ0n) is 8.34. The second-order valence-corrected chi connectivity index (χ2v) is 3.45. The van der Waals surface area contributed by atoms with Gasteiger partial charge in [-0.1, -0.05) is 19.3 Å². The van der Waals surface area contributed by atoms with Gasteiger partial charge in [-0.3, -0.25) is 10.4 Å². The van der Waals surface area contributed by atoms with Crippen LogP contribution in [0.4, 0.5) is 0 Å². The molecular weight excluding hydrogens is 164 g/mol. The van der Waals surface area contributed by atoms with Gasteiger partial charge in [-0.15, -0.1) is 0 Å². The van der Waals surface area contributed by atoms with Crippen LogP contribution in [-0.2, 0) is 0 Å². The Balaban J connectivity index is 2.31. The third kappa shape index (κ3) is 3.63. The Morgan fingerprint density at radius 1 is 1.38 bits per heavy atom. The third-order valence-corrected chi connectivity index (χ3v) is 2.40. The van der Waals surface area contributed by atoms with Gasteiger partial charge in [-0.05, 0) is 19.8 Å². The highest BCUT2D eigenvalue weighted by Gasteiger charge is 2.13. The van der Waals surface area contributed by atoms with Crippen LogP contribution in [0.3, 0.4) is 0 Å². The minimum absolute atomic E-state index is 0.565. The fourth-order valence-electron chi connectivity index (χ4n) is 1.73. The maximum Gasteiger partial charge on any atom is 0.205 e. The summed E-state index contributed by atoms with van der Waals surface area (Å²) in [5.41, 5.74) is 2.59. The van der Waals surface area contributed by atoms with Crippen LogP contribution in [0.25, 0.3) is 0 Å². The molecule has 0 aromatic carbocycles. The number of hydrogen-bond acceptors (Lipinski definition) is 2. The predicted molar refractivity (Wildman–Crippen MR) is 55.3 cm³/mol. The second-order valence-electron chi connectivity index (χ2n) is 3.45. The lowest BCUT2D eigenvalue weighted by Crippen LogP contribution is -2.47. The van der Waals surface area contributed by atoms with E-state index in [1.807, 2.05) is 6.92 Å². The lowest BCUT2D eigenvalue weighted by atomic mass is 9.96. The monoisotopic (exact) mass is 184 g/mol. The molecule has 0 radical (unpaired) electrons. The second kappa shape index (κ2) is 5.80. The maximum atomic E-state index is 5.33. The number of rotatable bonds is 2. The van der Waals surface area contributed by atoms with Crippen LogP contribution in [0.1, 0.15) is 39.0 Å². The van der Waals surface area contributed by atoms with Gasteiger partial charge in [0.2, 0.25) is 5.96 Å². The van der Waals surface area contributed by atoms with Crippen molar-refractivity contribution in [3.05, 3.63) is 0 Å². The Hall–Kier alpha value is -0.770. The molecule has 0 aliphatic heterocycles. The summed E-state index contributed by atoms with van der Waals surface area (Å²) < 4.78 is 0. The van der Waals surface area contributed by atoms with Crippen LogP contribution in [0.15, 0.2) is 4.99 Å². The van der Waals surface area contributed by atoms with Crippen molar-refractivity contribution in [2.45, 2.75) is 45.1 Å². The molecular formula is C9H20N4. The van der Waals surface area contributed by atoms with Crippen molar-refractivity contribution in [1.82, 2.24) is 10.7 Å². The summed E-state index contributed by atoms with van der Waals surface area (Å²) in [7, 11) is 0. The van der Waals surface area contributed by atoms with Crippen LogP contribution < -0.4 is 16.6 Å². The average molecular weight is 184 g/mol. The molecule has 1 saturated carbocycles. The topological polar surface area (TPSA) is 62.4 Å². The highest BCUT2D eigenvalue weighted by molar-refractivity contribution is 5.79. The average Bonchev–Trinajstić information content (AvgIpc) is 2.19. The maximum absolute atomic E-state index is 5.33. The quantitative estimate of drug-likeness (QED) is 0.257. The molecule has 4 N–H and O–H groups in total. The molecule has 13 heavy (non-hydrogen) atoms. The van der Waals surface area contributed by atoms with E-state index in [1.54, 1.807) is 0 Å². The SMILES string of the molecule is CCN=C(NN)NC1CCCCC1. The van der Waals surface area contributed by atoms with Gasteiger partial charge in [0, 0.05) is 12.6 Å². The number of hydrogen-bond donors (Lipinski definition) is 3. The number of aliphatic imine (C=N–C) groups is 1. The van der Waals surface area contributed by atoms with E-state index < -0.39 is 0 Å². The standard InChI is InChI=1S/C9H20N4/c1-2-11-9(13-10)12-8-6-4-3-5-7-8/h8H,2-7,10H2,1H3,(H2,11,12,13). The van der Waals surface area contributed by atoms with Gasteiger partial charge in [-0.2, -0.15) is 0 Å². The lowest BCUT2D eigenvalue weighted by molar-refractivity contribution is 0.410. The van der Waals surface area contributed by atoms with Crippen LogP contribution >= 0.6 is 0 Å². The first-order valence-electron chi connectivity index (χ1n) is 5.14. The van der Waals surface area contributed by atoms with Gasteiger partial charge in [0.05, 0.1) is 0 Å². The van der Waals surface area contributed by atoms with E-state index >= 15 is 0 Å². The first-order chi connectivity index (χ1) is 6.36. The van der Waals surface area contributed by atoms with Crippen molar-refractivity contribution >= 4 is 5.96 Å². The molecule has 4 nitrogen and oxygen atoms in total. The van der Waals surface area contributed by atoms with Crippen molar-refractivity contribution in [3.8, 4) is 0 Å². The van der Waals surface area contributed by atoms with Crippen molar-refractivity contribution in [2.75, 3.05) is 6.54 Å². The third-order valence-electron chi connectivity index (χ3n) is 2.40. The van der Waals surface area contributed by atoms with E-state index in [0.717, 1.165) is 12.5 Å². The minimum atomic E-state index is 0.565. The zero-order chi connectivity index (χ0) is 9.52. The van der Waals surface area contributed by atoms with Gasteiger partial charge in [0.1, 0.15) is 0 Å². The molecule has 0 saturated heterocycles. The van der Waals surface area contributed by atoms with Crippen molar-refractivity contribution in [1.29, 1.82) is 0 Å². The van der Waals surface area contributed by atoms with Crippen molar-refractivity contribution in [2.24, 2.45) is 10.8 Å². The summed E-state index contributed by atoms with van der Waals surface area (Å²) >= 11 is 0. The molecule has 0 atom stereocenters. The molecule has 0 bridgehead atoms. The van der Waals surface area contributed by atoms with E-state index in [0.29, 0.717) is 6.04 Å². The van der Waals surface area contributed by atoms with E-state index in [4.69, 9.17) is 5.84 Å². The first-order valence-corrected chi connectivity index (χ1v) is 5.14. The van der Waals surface area contributed by atoms with Crippen LogP contribution in [0.2, 0.25) is 0 Å². The van der Waals surface area contributed by atoms with Crippen LogP contribution in [-0.4, -0.2) is 18.5 Å². The predicted octanol–water partition coefficient (Wildman–Crippen LogP) is 0.748. The molecule has 0 aromatic rings. The molecule has 4 heteroatoms. The molecule has 0 heterocycles. The Morgan fingerprint density at radius 2 is 2.08 bits per heavy atom. The molecule has 76 valence electrons. The summed E-state index contributed by atoms with van der Waals surface area (Å²) in [5, 5.41) is 3.32. The highest BCUT2D eigenvalue weighted by Crippen LogP contribution is 2.16. The van der Waals surface area contributed by atoms with Gasteiger partial charge in [0.15, 0.2) is 0 Å². The Kier molecular flexibility index (Phi) is 4.60. The normalized spacial score (nSPS) is 20.0. The number of guanidine groups is 1. The number of nitrogens with two attached hydrogens (primary N) is 1. The lowest BCUT2D eigenvalue weighted by Gasteiger charge is -2.24. The number of hydrazine groups is 1. The molecule has 1 fully saturated rings. The fourth-order valence-corrected chi connectivity index (χ4v) is 1.73. The molecule has 1 aliphatic carbocycles. The highest BCUT2D eigenvalue weighted by atomic mass is 15.3. The number of nitrogens with one attached hydrogen (secondary N) is 2. The number of nitrogens with zero attached hydrogens (tertiary/aromatic N) is 1. The van der Waals surface area contributed by atoms with Gasteiger partial charge < -0.3 is 5.32 Å². The van der Waals surface area contributed by atoms with E-state index in [1.165, 1.54) is 32.1 Å². The van der Waals surface area contributed by atoms with Crippen molar-refractivity contribution < 1.29 is 0 Å². The summed E-state index contributed by atoms with van der Waals surface area (Å²) in [6, 6.07) is 0.565. The Labute approximate surface area is 80.0 Å². The molecule has 0 aromatic heterocycles. The van der Waals surface area contributed by atoms with Gasteiger partial charge in [0.25, 0.3) is 0 Å². The van der Waals surface area contributed by atoms with E-state index in [2.05, 4.69) is 15.7 Å².